The number of benzene rings is 2. The van der Waals surface area contributed by atoms with Gasteiger partial charge in [0, 0.05) is 22.1 Å². The van der Waals surface area contributed by atoms with Crippen LogP contribution in [-0.4, -0.2) is 11.0 Å². The predicted molar refractivity (Wildman–Crippen MR) is 91.3 cm³/mol. The first-order valence-corrected chi connectivity index (χ1v) is 7.85. The molecule has 0 bridgehead atoms. The van der Waals surface area contributed by atoms with E-state index < -0.39 is 0 Å². The summed E-state index contributed by atoms with van der Waals surface area (Å²) in [5.74, 6) is 0. The fourth-order valence-electron chi connectivity index (χ4n) is 2.63. The van der Waals surface area contributed by atoms with Crippen molar-refractivity contribution in [1.82, 2.24) is 4.98 Å². The first-order valence-electron chi connectivity index (χ1n) is 7.05. The fraction of sp³-hybridized carbons (Fsp3) is 0.167. The molecule has 0 spiro atoms. The predicted octanol–water partition coefficient (Wildman–Crippen LogP) is 4.11. The van der Waals surface area contributed by atoms with Crippen LogP contribution < -0.4 is 5.73 Å². The van der Waals surface area contributed by atoms with Crippen molar-refractivity contribution < 1.29 is 0 Å². The summed E-state index contributed by atoms with van der Waals surface area (Å²) < 4.78 is 1.13. The lowest BCUT2D eigenvalue weighted by molar-refractivity contribution is 0.665. The van der Waals surface area contributed by atoms with E-state index >= 15 is 0 Å². The molecular weight excluding hydrogens is 324 g/mol. The molecule has 0 fully saturated rings. The molecule has 1 heterocycles. The number of nitrogens with two attached hydrogens (primary N) is 1. The summed E-state index contributed by atoms with van der Waals surface area (Å²) in [4.78, 5) is 4.40. The van der Waals surface area contributed by atoms with Crippen LogP contribution in [0.5, 0.6) is 0 Å². The third kappa shape index (κ3) is 3.31. The van der Waals surface area contributed by atoms with Gasteiger partial charge in [0.15, 0.2) is 0 Å². The van der Waals surface area contributed by atoms with Crippen LogP contribution in [0.3, 0.4) is 0 Å². The largest absolute Gasteiger partial charge is 0.327 e. The number of para-hydroxylation sites is 1. The molecule has 0 aliphatic rings. The Hall–Kier alpha value is -1.71. The Labute approximate surface area is 133 Å². The first-order chi connectivity index (χ1) is 10.2. The molecule has 1 aromatic heterocycles. The van der Waals surface area contributed by atoms with Gasteiger partial charge in [-0.1, -0.05) is 52.3 Å². The zero-order valence-corrected chi connectivity index (χ0v) is 13.3. The van der Waals surface area contributed by atoms with Crippen molar-refractivity contribution in [1.29, 1.82) is 0 Å². The Kier molecular flexibility index (Phi) is 4.32. The van der Waals surface area contributed by atoms with Crippen molar-refractivity contribution in [3.8, 4) is 0 Å². The Morgan fingerprint density at radius 2 is 1.62 bits per heavy atom. The summed E-state index contributed by atoms with van der Waals surface area (Å²) in [6.45, 7) is 0. The van der Waals surface area contributed by atoms with Crippen LogP contribution in [0.25, 0.3) is 10.9 Å². The first kappa shape index (κ1) is 14.2. The molecule has 21 heavy (non-hydrogen) atoms. The Morgan fingerprint density at radius 1 is 0.905 bits per heavy atom. The molecule has 2 N–H and O–H groups in total. The summed E-state index contributed by atoms with van der Waals surface area (Å²) in [5, 5.41) is 1.20. The maximum atomic E-state index is 6.36. The summed E-state index contributed by atoms with van der Waals surface area (Å²) in [6.07, 6.45) is 3.57. The van der Waals surface area contributed by atoms with Crippen molar-refractivity contribution in [3.05, 3.63) is 76.4 Å². The lowest BCUT2D eigenvalue weighted by atomic mass is 9.97. The van der Waals surface area contributed by atoms with E-state index in [1.165, 1.54) is 16.5 Å². The molecule has 1 atom stereocenters. The van der Waals surface area contributed by atoms with Crippen LogP contribution in [0.2, 0.25) is 0 Å². The number of fused-ring (bicyclic) bond motifs is 1. The number of aromatic nitrogens is 1. The SMILES string of the molecule is NC(Cc1ccccc1Br)Cc1ccnc2ccccc12. The standard InChI is InChI=1S/C18H17BrN2/c19-17-7-3-1-5-14(17)12-15(20)11-13-9-10-21-18-8-4-2-6-16(13)18/h1-10,15H,11-12,20H2. The highest BCUT2D eigenvalue weighted by Crippen LogP contribution is 2.21. The van der Waals surface area contributed by atoms with Crippen LogP contribution in [0, 0.1) is 0 Å². The minimum absolute atomic E-state index is 0.0921. The molecule has 2 aromatic carbocycles. The van der Waals surface area contributed by atoms with Gasteiger partial charge in [-0.3, -0.25) is 4.98 Å². The summed E-state index contributed by atoms with van der Waals surface area (Å²) in [5.41, 5.74) is 9.90. The highest BCUT2D eigenvalue weighted by molar-refractivity contribution is 9.10. The lowest BCUT2D eigenvalue weighted by Gasteiger charge is -2.14. The summed E-state index contributed by atoms with van der Waals surface area (Å²) in [7, 11) is 0. The van der Waals surface area contributed by atoms with Crippen molar-refractivity contribution in [2.75, 3.05) is 0 Å². The van der Waals surface area contributed by atoms with Gasteiger partial charge in [-0.25, -0.2) is 0 Å². The molecule has 0 saturated heterocycles. The van der Waals surface area contributed by atoms with Crippen molar-refractivity contribution >= 4 is 26.8 Å². The van der Waals surface area contributed by atoms with Crippen molar-refractivity contribution in [2.45, 2.75) is 18.9 Å². The minimum Gasteiger partial charge on any atom is -0.327 e. The van der Waals surface area contributed by atoms with Gasteiger partial charge in [0.2, 0.25) is 0 Å². The van der Waals surface area contributed by atoms with E-state index in [0.717, 1.165) is 22.8 Å². The lowest BCUT2D eigenvalue weighted by Crippen LogP contribution is -2.25. The third-order valence-corrected chi connectivity index (χ3v) is 4.44. The molecule has 3 aromatic rings. The molecule has 0 amide bonds. The average molecular weight is 341 g/mol. The van der Waals surface area contributed by atoms with E-state index in [0.29, 0.717) is 0 Å². The molecule has 2 nitrogen and oxygen atoms in total. The Balaban J connectivity index is 1.81. The Morgan fingerprint density at radius 3 is 2.48 bits per heavy atom. The molecule has 0 aliphatic carbocycles. The second-order valence-corrected chi connectivity index (χ2v) is 6.10. The van der Waals surface area contributed by atoms with E-state index in [4.69, 9.17) is 5.73 Å². The maximum absolute atomic E-state index is 6.36. The second-order valence-electron chi connectivity index (χ2n) is 5.25. The summed E-state index contributed by atoms with van der Waals surface area (Å²) in [6, 6.07) is 18.6. The number of halogens is 1. The van der Waals surface area contributed by atoms with Gasteiger partial charge in [-0.05, 0) is 42.2 Å². The number of hydrogen-bond donors (Lipinski definition) is 1. The molecule has 0 saturated carbocycles. The number of pyridine rings is 1. The van der Waals surface area contributed by atoms with Gasteiger partial charge in [-0.15, -0.1) is 0 Å². The monoisotopic (exact) mass is 340 g/mol. The second kappa shape index (κ2) is 6.37. The maximum Gasteiger partial charge on any atom is 0.0704 e. The van der Waals surface area contributed by atoms with Gasteiger partial charge in [-0.2, -0.15) is 0 Å². The smallest absolute Gasteiger partial charge is 0.0704 e. The van der Waals surface area contributed by atoms with Crippen LogP contribution in [-0.2, 0) is 12.8 Å². The highest BCUT2D eigenvalue weighted by atomic mass is 79.9. The van der Waals surface area contributed by atoms with E-state index in [-0.39, 0.29) is 6.04 Å². The molecule has 3 rings (SSSR count). The van der Waals surface area contributed by atoms with Gasteiger partial charge >= 0.3 is 0 Å². The zero-order chi connectivity index (χ0) is 14.7. The zero-order valence-electron chi connectivity index (χ0n) is 11.7. The molecule has 0 radical (unpaired) electrons. The third-order valence-electron chi connectivity index (χ3n) is 3.66. The van der Waals surface area contributed by atoms with Crippen LogP contribution in [0.15, 0.2) is 65.3 Å². The van der Waals surface area contributed by atoms with E-state index in [9.17, 15) is 0 Å². The van der Waals surface area contributed by atoms with Crippen molar-refractivity contribution in [2.24, 2.45) is 5.73 Å². The van der Waals surface area contributed by atoms with Gasteiger partial charge in [0.1, 0.15) is 0 Å². The molecule has 106 valence electrons. The van der Waals surface area contributed by atoms with E-state index in [1.807, 2.05) is 30.5 Å². The van der Waals surface area contributed by atoms with Gasteiger partial charge < -0.3 is 5.73 Å². The van der Waals surface area contributed by atoms with E-state index in [1.54, 1.807) is 0 Å². The molecule has 0 aliphatic heterocycles. The highest BCUT2D eigenvalue weighted by Gasteiger charge is 2.10. The number of rotatable bonds is 4. The number of nitrogens with zero attached hydrogens (tertiary/aromatic N) is 1. The van der Waals surface area contributed by atoms with Crippen LogP contribution in [0.4, 0.5) is 0 Å². The topological polar surface area (TPSA) is 38.9 Å². The van der Waals surface area contributed by atoms with Crippen LogP contribution in [0.1, 0.15) is 11.1 Å². The quantitative estimate of drug-likeness (QED) is 0.776. The minimum atomic E-state index is 0.0921. The van der Waals surface area contributed by atoms with E-state index in [2.05, 4.69) is 51.2 Å². The molecule has 3 heteroatoms. The molecular formula is C18H17BrN2. The van der Waals surface area contributed by atoms with Crippen molar-refractivity contribution in [3.63, 3.8) is 0 Å². The molecule has 1 unspecified atom stereocenters. The summed E-state index contributed by atoms with van der Waals surface area (Å²) >= 11 is 3.58. The van der Waals surface area contributed by atoms with Crippen LogP contribution >= 0.6 is 15.9 Å². The average Bonchev–Trinajstić information content (AvgIpc) is 2.50. The number of hydrogen-bond acceptors (Lipinski definition) is 2. The normalized spacial score (nSPS) is 12.5. The van der Waals surface area contributed by atoms with Gasteiger partial charge in [0.25, 0.3) is 0 Å². The van der Waals surface area contributed by atoms with Gasteiger partial charge in [0.05, 0.1) is 5.52 Å². The Bertz CT molecular complexity index is 750. The fourth-order valence-corrected chi connectivity index (χ4v) is 3.08.